The molecule has 0 aliphatic rings. The summed E-state index contributed by atoms with van der Waals surface area (Å²) >= 11 is 3.42. The number of esters is 1. The molecule has 0 aliphatic heterocycles. The number of ether oxygens (including phenoxy) is 1. The molecule has 0 amide bonds. The lowest BCUT2D eigenvalue weighted by Crippen LogP contribution is -2.25. The third-order valence-corrected chi connectivity index (χ3v) is 3.16. The third-order valence-electron chi connectivity index (χ3n) is 2.77. The lowest BCUT2D eigenvalue weighted by Gasteiger charge is -2.22. The number of aryl methyl sites for hydroxylation is 1. The molecule has 20 heavy (non-hydrogen) atoms. The van der Waals surface area contributed by atoms with Gasteiger partial charge in [-0.2, -0.15) is 0 Å². The van der Waals surface area contributed by atoms with Gasteiger partial charge in [0.15, 0.2) is 0 Å². The van der Waals surface area contributed by atoms with Crippen LogP contribution in [0.5, 0.6) is 0 Å². The lowest BCUT2D eigenvalue weighted by atomic mass is 9.93. The Bertz CT molecular complexity index is 504. The molecule has 0 bridgehead atoms. The van der Waals surface area contributed by atoms with Crippen molar-refractivity contribution in [3.8, 4) is 0 Å². The van der Waals surface area contributed by atoms with E-state index in [0.717, 1.165) is 28.4 Å². The number of nitrogens with two attached hydrogens (primary N) is 1. The minimum Gasteiger partial charge on any atom is -0.456 e. The number of benzene rings is 1. The van der Waals surface area contributed by atoms with E-state index in [1.165, 1.54) is 0 Å². The first kappa shape index (κ1) is 16.9. The number of alkyl halides is 1. The van der Waals surface area contributed by atoms with Crippen molar-refractivity contribution in [2.24, 2.45) is 5.73 Å². The summed E-state index contributed by atoms with van der Waals surface area (Å²) in [6, 6.07) is 5.86. The normalized spacial score (nSPS) is 11.2. The highest BCUT2D eigenvalue weighted by atomic mass is 79.9. The molecule has 0 radical (unpaired) electrons. The summed E-state index contributed by atoms with van der Waals surface area (Å²) in [7, 11) is 0. The molecule has 0 aliphatic carbocycles. The Morgan fingerprint density at radius 2 is 1.95 bits per heavy atom. The van der Waals surface area contributed by atoms with Crippen LogP contribution in [-0.2, 0) is 22.5 Å². The van der Waals surface area contributed by atoms with Crippen LogP contribution in [0.15, 0.2) is 24.8 Å². The molecule has 0 saturated carbocycles. The molecule has 0 saturated heterocycles. The number of hydrogen-bond acceptors (Lipinski definition) is 3. The summed E-state index contributed by atoms with van der Waals surface area (Å²) in [4.78, 5) is 12.2. The predicted octanol–water partition coefficient (Wildman–Crippen LogP) is 3.44. The highest BCUT2D eigenvalue weighted by Gasteiger charge is 2.22. The maximum atomic E-state index is 12.2. The first-order valence-electron chi connectivity index (χ1n) is 6.59. The quantitative estimate of drug-likeness (QED) is 0.508. The summed E-state index contributed by atoms with van der Waals surface area (Å²) in [5, 5.41) is 0.815. The molecule has 0 heterocycles. The van der Waals surface area contributed by atoms with E-state index in [-0.39, 0.29) is 0 Å². The van der Waals surface area contributed by atoms with Crippen LogP contribution in [-0.4, -0.2) is 16.9 Å². The van der Waals surface area contributed by atoms with Gasteiger partial charge in [-0.15, -0.1) is 0 Å². The zero-order chi connectivity index (χ0) is 15.3. The molecule has 1 aromatic rings. The van der Waals surface area contributed by atoms with Gasteiger partial charge in [0, 0.05) is 11.9 Å². The predicted molar refractivity (Wildman–Crippen MR) is 86.7 cm³/mol. The van der Waals surface area contributed by atoms with Crippen LogP contribution >= 0.6 is 15.9 Å². The van der Waals surface area contributed by atoms with Gasteiger partial charge in [0.2, 0.25) is 0 Å². The Balaban J connectivity index is 3.16. The van der Waals surface area contributed by atoms with Crippen molar-refractivity contribution in [2.75, 3.05) is 5.33 Å². The first-order chi connectivity index (χ1) is 9.30. The number of carbonyl (C=O) groups excluding carboxylic acids is 1. The molecular weight excluding hydrogens is 318 g/mol. The molecule has 1 rings (SSSR count). The van der Waals surface area contributed by atoms with Crippen molar-refractivity contribution in [2.45, 2.75) is 39.3 Å². The van der Waals surface area contributed by atoms with Crippen molar-refractivity contribution in [1.82, 2.24) is 0 Å². The molecule has 3 nitrogen and oxygen atoms in total. The fourth-order valence-electron chi connectivity index (χ4n) is 1.96. The van der Waals surface area contributed by atoms with E-state index in [9.17, 15) is 4.79 Å². The number of hydrogen-bond donors (Lipinski definition) is 1. The van der Waals surface area contributed by atoms with Gasteiger partial charge in [-0.25, -0.2) is 4.79 Å². The van der Waals surface area contributed by atoms with E-state index < -0.39 is 11.6 Å². The summed E-state index contributed by atoms with van der Waals surface area (Å²) in [5.74, 6) is -0.394. The Hall–Kier alpha value is -1.13. The zero-order valence-corrected chi connectivity index (χ0v) is 13.9. The molecule has 0 spiro atoms. The Kier molecular flexibility index (Phi) is 5.96. The van der Waals surface area contributed by atoms with Crippen molar-refractivity contribution >= 4 is 27.5 Å². The van der Waals surface area contributed by atoms with Crippen LogP contribution in [0.4, 0.5) is 0 Å². The van der Waals surface area contributed by atoms with Crippen molar-refractivity contribution in [3.63, 3.8) is 0 Å². The minimum absolute atomic E-state index is 0.368. The second kappa shape index (κ2) is 7.04. The van der Waals surface area contributed by atoms with Crippen molar-refractivity contribution in [1.29, 1.82) is 0 Å². The summed E-state index contributed by atoms with van der Waals surface area (Å²) in [5.41, 5.74) is 8.41. The van der Waals surface area contributed by atoms with E-state index in [1.54, 1.807) is 0 Å². The smallest absolute Gasteiger partial charge is 0.338 e. The Morgan fingerprint density at radius 1 is 1.35 bits per heavy atom. The molecule has 1 aromatic carbocycles. The zero-order valence-electron chi connectivity index (χ0n) is 12.3. The molecular formula is C16H22BrNO2. The second-order valence-corrected chi connectivity index (χ2v) is 6.37. The van der Waals surface area contributed by atoms with Gasteiger partial charge in [-0.3, -0.25) is 0 Å². The largest absolute Gasteiger partial charge is 0.456 e. The molecule has 0 aromatic heterocycles. The van der Waals surface area contributed by atoms with Gasteiger partial charge in [0.05, 0.1) is 5.57 Å². The SMILES string of the molecule is C=C(C(=O)OC(C)(C)C)c1c(CN)cccc1CCBr. The number of carbonyl (C=O) groups is 1. The first-order valence-corrected chi connectivity index (χ1v) is 7.71. The standard InChI is InChI=1S/C16H22BrNO2/c1-11(15(19)20-16(2,3)4)14-12(8-9-17)6-5-7-13(14)10-18/h5-7H,1,8-10,18H2,2-4H3. The fourth-order valence-corrected chi connectivity index (χ4v) is 2.39. The van der Waals surface area contributed by atoms with Gasteiger partial charge >= 0.3 is 5.97 Å². The average Bonchev–Trinajstić information content (AvgIpc) is 2.36. The molecule has 0 fully saturated rings. The average molecular weight is 340 g/mol. The van der Waals surface area contributed by atoms with Gasteiger partial charge in [0.1, 0.15) is 5.60 Å². The van der Waals surface area contributed by atoms with Crippen molar-refractivity contribution < 1.29 is 9.53 Å². The second-order valence-electron chi connectivity index (χ2n) is 5.57. The van der Waals surface area contributed by atoms with Gasteiger partial charge in [-0.05, 0) is 43.9 Å². The van der Waals surface area contributed by atoms with Gasteiger partial charge in [-0.1, -0.05) is 40.7 Å². The lowest BCUT2D eigenvalue weighted by molar-refractivity contribution is -0.147. The van der Waals surface area contributed by atoms with E-state index in [0.29, 0.717) is 12.1 Å². The van der Waals surface area contributed by atoms with E-state index in [2.05, 4.69) is 22.5 Å². The van der Waals surface area contributed by atoms with Crippen LogP contribution in [0.2, 0.25) is 0 Å². The monoisotopic (exact) mass is 339 g/mol. The van der Waals surface area contributed by atoms with E-state index >= 15 is 0 Å². The van der Waals surface area contributed by atoms with E-state index in [4.69, 9.17) is 10.5 Å². The Morgan fingerprint density at radius 3 is 2.45 bits per heavy atom. The highest BCUT2D eigenvalue weighted by molar-refractivity contribution is 9.09. The maximum Gasteiger partial charge on any atom is 0.338 e. The molecule has 2 N–H and O–H groups in total. The maximum absolute atomic E-state index is 12.2. The molecule has 4 heteroatoms. The summed E-state index contributed by atoms with van der Waals surface area (Å²) in [6.45, 7) is 9.80. The van der Waals surface area contributed by atoms with Crippen LogP contribution in [0, 0.1) is 0 Å². The van der Waals surface area contributed by atoms with Gasteiger partial charge < -0.3 is 10.5 Å². The number of halogens is 1. The van der Waals surface area contributed by atoms with Crippen molar-refractivity contribution in [3.05, 3.63) is 41.5 Å². The van der Waals surface area contributed by atoms with Crippen LogP contribution in [0.25, 0.3) is 5.57 Å². The summed E-state index contributed by atoms with van der Waals surface area (Å²) < 4.78 is 5.40. The van der Waals surface area contributed by atoms with Crippen LogP contribution in [0.1, 0.15) is 37.5 Å². The number of rotatable bonds is 5. The molecule has 0 atom stereocenters. The third kappa shape index (κ3) is 4.46. The van der Waals surface area contributed by atoms with Crippen LogP contribution in [0.3, 0.4) is 0 Å². The topological polar surface area (TPSA) is 52.3 Å². The highest BCUT2D eigenvalue weighted by Crippen LogP contribution is 2.26. The summed E-state index contributed by atoms with van der Waals surface area (Å²) in [6.07, 6.45) is 0.811. The van der Waals surface area contributed by atoms with Crippen LogP contribution < -0.4 is 5.73 Å². The molecule has 0 unspecified atom stereocenters. The van der Waals surface area contributed by atoms with E-state index in [1.807, 2.05) is 39.0 Å². The molecule has 110 valence electrons. The van der Waals surface area contributed by atoms with Gasteiger partial charge in [0.25, 0.3) is 0 Å². The minimum atomic E-state index is -0.534. The fraction of sp³-hybridized carbons (Fsp3) is 0.438. The Labute approximate surface area is 129 Å².